The van der Waals surface area contributed by atoms with Crippen molar-refractivity contribution in [3.05, 3.63) is 16.2 Å². The zero-order valence-electron chi connectivity index (χ0n) is 12.4. The second-order valence-corrected chi connectivity index (χ2v) is 8.12. The van der Waals surface area contributed by atoms with E-state index in [9.17, 15) is 18.5 Å². The number of unbranched alkanes of at least 4 members (excludes halogenated alkanes) is 1. The molecule has 0 aliphatic carbocycles. The topological polar surface area (TPSA) is 101 Å². The van der Waals surface area contributed by atoms with Crippen molar-refractivity contribution in [1.29, 1.82) is 0 Å². The van der Waals surface area contributed by atoms with Gasteiger partial charge in [0, 0.05) is 19.7 Å². The molecule has 0 atom stereocenters. The van der Waals surface area contributed by atoms with Gasteiger partial charge in [-0.3, -0.25) is 10.1 Å². The molecule has 0 radical (unpaired) electrons. The van der Waals surface area contributed by atoms with Crippen LogP contribution in [-0.4, -0.2) is 26.9 Å². The lowest BCUT2D eigenvalue weighted by Gasteiger charge is -2.06. The maximum Gasteiger partial charge on any atom is 0.304 e. The molecule has 0 aromatic carbocycles. The minimum absolute atomic E-state index is 0.0394. The summed E-state index contributed by atoms with van der Waals surface area (Å²) in [5.74, 6) is 0.597. The van der Waals surface area contributed by atoms with E-state index in [4.69, 9.17) is 0 Å². The van der Waals surface area contributed by atoms with Crippen molar-refractivity contribution >= 4 is 32.0 Å². The monoisotopic (exact) mass is 335 g/mol. The van der Waals surface area contributed by atoms with Crippen molar-refractivity contribution in [2.45, 2.75) is 37.3 Å². The molecule has 7 nitrogen and oxygen atoms in total. The maximum absolute atomic E-state index is 12.1. The number of rotatable bonds is 9. The van der Waals surface area contributed by atoms with Gasteiger partial charge < -0.3 is 5.32 Å². The molecule has 1 aromatic rings. The van der Waals surface area contributed by atoms with Crippen LogP contribution in [0.15, 0.2) is 10.3 Å². The molecule has 0 amide bonds. The van der Waals surface area contributed by atoms with Gasteiger partial charge in [0.25, 0.3) is 0 Å². The van der Waals surface area contributed by atoms with Crippen LogP contribution in [0.4, 0.5) is 10.7 Å². The fourth-order valence-electron chi connectivity index (χ4n) is 1.76. The van der Waals surface area contributed by atoms with Crippen LogP contribution in [0.3, 0.4) is 0 Å². The Kier molecular flexibility index (Phi) is 6.56. The predicted molar refractivity (Wildman–Crippen MR) is 84.4 cm³/mol. The Morgan fingerprint density at radius 1 is 1.38 bits per heavy atom. The number of hydrogen-bond acceptors (Lipinski definition) is 6. The lowest BCUT2D eigenvalue weighted by Crippen LogP contribution is -2.24. The quantitative estimate of drug-likeness (QED) is 0.410. The van der Waals surface area contributed by atoms with Crippen molar-refractivity contribution in [2.75, 3.05) is 18.9 Å². The van der Waals surface area contributed by atoms with E-state index in [0.717, 1.165) is 36.7 Å². The highest BCUT2D eigenvalue weighted by atomic mass is 32.2. The molecule has 0 spiro atoms. The minimum atomic E-state index is -3.68. The van der Waals surface area contributed by atoms with Crippen molar-refractivity contribution in [1.82, 2.24) is 4.72 Å². The zero-order chi connectivity index (χ0) is 16.0. The number of thiophene rings is 1. The standard InChI is InChI=1S/C12H21N3O4S2/c1-9(2)6-4-5-7-14-21(18,19)11-8-10(15(16)17)12(13-3)20-11/h8-9,13-14H,4-7H2,1-3H3. The van der Waals surface area contributed by atoms with E-state index >= 15 is 0 Å². The first-order valence-electron chi connectivity index (χ1n) is 6.73. The number of nitrogens with one attached hydrogen (secondary N) is 2. The summed E-state index contributed by atoms with van der Waals surface area (Å²) in [5, 5.41) is 13.7. The molecule has 0 bridgehead atoms. The van der Waals surface area contributed by atoms with E-state index < -0.39 is 14.9 Å². The number of nitro groups is 1. The number of nitrogens with zero attached hydrogens (tertiary/aromatic N) is 1. The third-order valence-electron chi connectivity index (χ3n) is 2.88. The Bertz CT molecular complexity index is 581. The summed E-state index contributed by atoms with van der Waals surface area (Å²) in [6, 6.07) is 1.09. The van der Waals surface area contributed by atoms with Gasteiger partial charge in [0.2, 0.25) is 10.0 Å². The Morgan fingerprint density at radius 3 is 2.52 bits per heavy atom. The van der Waals surface area contributed by atoms with Gasteiger partial charge in [-0.15, -0.1) is 0 Å². The average molecular weight is 335 g/mol. The molecule has 21 heavy (non-hydrogen) atoms. The van der Waals surface area contributed by atoms with E-state index in [0.29, 0.717) is 12.5 Å². The van der Waals surface area contributed by atoms with E-state index in [2.05, 4.69) is 23.9 Å². The Balaban J connectivity index is 2.68. The third-order valence-corrected chi connectivity index (χ3v) is 5.96. The second-order valence-electron chi connectivity index (χ2n) is 5.07. The van der Waals surface area contributed by atoms with Crippen LogP contribution in [0, 0.1) is 16.0 Å². The smallest absolute Gasteiger partial charge is 0.304 e. The van der Waals surface area contributed by atoms with Crippen LogP contribution >= 0.6 is 11.3 Å². The first kappa shape index (κ1) is 17.9. The molecule has 0 aliphatic heterocycles. The summed E-state index contributed by atoms with van der Waals surface area (Å²) in [7, 11) is -2.16. The predicted octanol–water partition coefficient (Wildman–Crippen LogP) is 2.80. The van der Waals surface area contributed by atoms with Crippen LogP contribution in [-0.2, 0) is 10.0 Å². The summed E-state index contributed by atoms with van der Waals surface area (Å²) in [5.41, 5.74) is -0.220. The lowest BCUT2D eigenvalue weighted by atomic mass is 10.1. The first-order valence-corrected chi connectivity index (χ1v) is 9.03. The molecule has 0 fully saturated rings. The van der Waals surface area contributed by atoms with Gasteiger partial charge >= 0.3 is 5.69 Å². The summed E-state index contributed by atoms with van der Waals surface area (Å²) >= 11 is 0.860. The Labute approximate surface area is 129 Å². The average Bonchev–Trinajstić information content (AvgIpc) is 2.82. The Morgan fingerprint density at radius 2 is 2.05 bits per heavy atom. The fraction of sp³-hybridized carbons (Fsp3) is 0.667. The highest BCUT2D eigenvalue weighted by molar-refractivity contribution is 7.91. The number of hydrogen-bond donors (Lipinski definition) is 2. The van der Waals surface area contributed by atoms with Gasteiger partial charge in [-0.05, 0) is 12.3 Å². The van der Waals surface area contributed by atoms with E-state index in [1.54, 1.807) is 0 Å². The lowest BCUT2D eigenvalue weighted by molar-refractivity contribution is -0.383. The highest BCUT2D eigenvalue weighted by Crippen LogP contribution is 2.36. The molecule has 120 valence electrons. The van der Waals surface area contributed by atoms with Crippen LogP contribution in [0.25, 0.3) is 0 Å². The molecule has 9 heteroatoms. The largest absolute Gasteiger partial charge is 0.374 e. The van der Waals surface area contributed by atoms with Crippen LogP contribution in [0.1, 0.15) is 33.1 Å². The molecule has 1 aromatic heterocycles. The van der Waals surface area contributed by atoms with Gasteiger partial charge in [-0.2, -0.15) is 0 Å². The highest BCUT2D eigenvalue weighted by Gasteiger charge is 2.25. The molecule has 0 aliphatic rings. The molecular formula is C12H21N3O4S2. The molecule has 1 rings (SSSR count). The summed E-state index contributed by atoms with van der Waals surface area (Å²) in [6.45, 7) is 4.58. The number of anilines is 1. The van der Waals surface area contributed by atoms with E-state index in [1.165, 1.54) is 7.05 Å². The molecule has 0 saturated heterocycles. The molecule has 2 N–H and O–H groups in total. The van der Waals surface area contributed by atoms with Crippen molar-refractivity contribution < 1.29 is 13.3 Å². The number of sulfonamides is 1. The van der Waals surface area contributed by atoms with Crippen LogP contribution < -0.4 is 10.0 Å². The summed E-state index contributed by atoms with van der Waals surface area (Å²) < 4.78 is 26.6. The van der Waals surface area contributed by atoms with Gasteiger partial charge in [-0.1, -0.05) is 38.0 Å². The minimum Gasteiger partial charge on any atom is -0.374 e. The van der Waals surface area contributed by atoms with Crippen molar-refractivity contribution in [3.63, 3.8) is 0 Å². The molecular weight excluding hydrogens is 314 g/mol. The van der Waals surface area contributed by atoms with Crippen LogP contribution in [0.2, 0.25) is 0 Å². The third kappa shape index (κ3) is 5.25. The molecule has 1 heterocycles. The maximum atomic E-state index is 12.1. The normalized spacial score (nSPS) is 11.8. The van der Waals surface area contributed by atoms with Crippen molar-refractivity contribution in [2.24, 2.45) is 5.92 Å². The SMILES string of the molecule is CNc1sc(S(=O)(=O)NCCCCC(C)C)cc1[N+](=O)[O-]. The van der Waals surface area contributed by atoms with Gasteiger partial charge in [0.1, 0.15) is 4.21 Å². The van der Waals surface area contributed by atoms with Gasteiger partial charge in [0.15, 0.2) is 5.00 Å². The first-order chi connectivity index (χ1) is 9.77. The van der Waals surface area contributed by atoms with Crippen LogP contribution in [0.5, 0.6) is 0 Å². The van der Waals surface area contributed by atoms with Gasteiger partial charge in [-0.25, -0.2) is 13.1 Å². The Hall–Kier alpha value is -1.19. The summed E-state index contributed by atoms with van der Waals surface area (Å²) in [6.07, 6.45) is 2.76. The zero-order valence-corrected chi connectivity index (χ0v) is 14.0. The van der Waals surface area contributed by atoms with E-state index in [1.807, 2.05) is 0 Å². The fourth-order valence-corrected chi connectivity index (χ4v) is 4.16. The van der Waals surface area contributed by atoms with E-state index in [-0.39, 0.29) is 14.9 Å². The molecule has 0 unspecified atom stereocenters. The summed E-state index contributed by atoms with van der Waals surface area (Å²) in [4.78, 5) is 10.2. The van der Waals surface area contributed by atoms with Gasteiger partial charge in [0.05, 0.1) is 4.92 Å². The second kappa shape index (κ2) is 7.71. The van der Waals surface area contributed by atoms with Crippen molar-refractivity contribution in [3.8, 4) is 0 Å². The molecule has 0 saturated carbocycles.